The topological polar surface area (TPSA) is 80.3 Å². The summed E-state index contributed by atoms with van der Waals surface area (Å²) in [6.07, 6.45) is 2.72. The Morgan fingerprint density at radius 2 is 0.941 bits per heavy atom. The molecular formula is C12H22FeO4. The maximum Gasteiger partial charge on any atom is 2.00 e. The normalized spacial score (nSPS) is 9.29. The number of aliphatic carboxylic acids is 2. The van der Waals surface area contributed by atoms with Crippen LogP contribution >= 0.6 is 0 Å². The predicted molar refractivity (Wildman–Crippen MR) is 58.2 cm³/mol. The second-order valence-corrected chi connectivity index (χ2v) is 3.66. The molecule has 0 aromatic carbocycles. The quantitative estimate of drug-likeness (QED) is 0.659. The van der Waals surface area contributed by atoms with Crippen molar-refractivity contribution < 1.29 is 36.9 Å². The molecule has 0 fully saturated rings. The van der Waals surface area contributed by atoms with E-state index in [9.17, 15) is 19.8 Å². The zero-order valence-corrected chi connectivity index (χ0v) is 12.1. The maximum absolute atomic E-state index is 10.1. The van der Waals surface area contributed by atoms with Crippen LogP contribution in [0.1, 0.15) is 53.4 Å². The van der Waals surface area contributed by atoms with E-state index in [0.29, 0.717) is 25.7 Å². The van der Waals surface area contributed by atoms with Gasteiger partial charge in [-0.1, -0.05) is 27.7 Å². The molecular weight excluding hydrogens is 264 g/mol. The third-order valence-electron chi connectivity index (χ3n) is 2.64. The molecule has 0 atom stereocenters. The van der Waals surface area contributed by atoms with Crippen LogP contribution in [0.15, 0.2) is 0 Å². The Labute approximate surface area is 114 Å². The Hall–Kier alpha value is -0.541. The van der Waals surface area contributed by atoms with Crippen LogP contribution in [0.25, 0.3) is 0 Å². The number of carboxylic acid groups (broad SMARTS) is 2. The van der Waals surface area contributed by atoms with Crippen LogP contribution in [-0.4, -0.2) is 11.9 Å². The molecule has 17 heavy (non-hydrogen) atoms. The summed E-state index contributed by atoms with van der Waals surface area (Å²) in [5, 5.41) is 20.1. The van der Waals surface area contributed by atoms with Gasteiger partial charge in [-0.15, -0.1) is 0 Å². The van der Waals surface area contributed by atoms with E-state index in [1.165, 1.54) is 0 Å². The third-order valence-corrected chi connectivity index (χ3v) is 2.64. The number of hydrogen-bond acceptors (Lipinski definition) is 4. The molecule has 0 bridgehead atoms. The first-order valence-corrected chi connectivity index (χ1v) is 5.86. The van der Waals surface area contributed by atoms with Crippen LogP contribution in [-0.2, 0) is 26.7 Å². The van der Waals surface area contributed by atoms with Gasteiger partial charge >= 0.3 is 17.1 Å². The number of hydrogen-bond donors (Lipinski definition) is 0. The second-order valence-electron chi connectivity index (χ2n) is 3.66. The molecule has 0 aromatic heterocycles. The molecule has 4 nitrogen and oxygen atoms in total. The first-order chi connectivity index (χ1) is 7.44. The van der Waals surface area contributed by atoms with Crippen LogP contribution in [0, 0.1) is 11.8 Å². The Kier molecular flexibility index (Phi) is 17.3. The SMILES string of the molecule is CCC(CC)C(=O)[O-].CCC(CC)C(=O)[O-].[Fe+2]. The van der Waals surface area contributed by atoms with Gasteiger partial charge in [0, 0.05) is 11.9 Å². The molecule has 0 aliphatic heterocycles. The van der Waals surface area contributed by atoms with Crippen molar-refractivity contribution in [1.82, 2.24) is 0 Å². The van der Waals surface area contributed by atoms with Gasteiger partial charge in [-0.3, -0.25) is 0 Å². The van der Waals surface area contributed by atoms with Crippen LogP contribution in [0.3, 0.4) is 0 Å². The van der Waals surface area contributed by atoms with E-state index in [0.717, 1.165) is 0 Å². The van der Waals surface area contributed by atoms with Crippen molar-refractivity contribution in [2.24, 2.45) is 11.8 Å². The van der Waals surface area contributed by atoms with Crippen molar-refractivity contribution in [1.29, 1.82) is 0 Å². The Morgan fingerprint density at radius 3 is 0.941 bits per heavy atom. The molecule has 0 amide bonds. The van der Waals surface area contributed by atoms with Gasteiger partial charge in [0.15, 0.2) is 0 Å². The molecule has 0 radical (unpaired) electrons. The van der Waals surface area contributed by atoms with Crippen LogP contribution < -0.4 is 10.2 Å². The molecule has 0 aliphatic carbocycles. The monoisotopic (exact) mass is 286 g/mol. The Morgan fingerprint density at radius 1 is 0.765 bits per heavy atom. The van der Waals surface area contributed by atoms with Gasteiger partial charge in [0.05, 0.1) is 0 Å². The molecule has 0 saturated heterocycles. The van der Waals surface area contributed by atoms with Crippen molar-refractivity contribution in [3.63, 3.8) is 0 Å². The summed E-state index contributed by atoms with van der Waals surface area (Å²) in [5.41, 5.74) is 0. The fourth-order valence-electron chi connectivity index (χ4n) is 1.24. The van der Waals surface area contributed by atoms with Gasteiger partial charge in [0.1, 0.15) is 0 Å². The third kappa shape index (κ3) is 11.7. The largest absolute Gasteiger partial charge is 2.00 e. The molecule has 5 heteroatoms. The first kappa shape index (κ1) is 21.7. The van der Waals surface area contributed by atoms with E-state index in [2.05, 4.69) is 0 Å². The Balaban J connectivity index is -0.000000218. The smallest absolute Gasteiger partial charge is 0.550 e. The first-order valence-electron chi connectivity index (χ1n) is 5.86. The molecule has 0 rings (SSSR count). The molecule has 0 saturated carbocycles. The maximum atomic E-state index is 10.1. The standard InChI is InChI=1S/2C6H12O2.Fe/c2*1-3-5(4-2)6(7)8;/h2*5H,3-4H2,1-2H3,(H,7,8);/q;;+2/p-2. The fourth-order valence-corrected chi connectivity index (χ4v) is 1.24. The molecule has 0 unspecified atom stereocenters. The molecule has 102 valence electrons. The average Bonchev–Trinajstić information content (AvgIpc) is 2.21. The van der Waals surface area contributed by atoms with E-state index >= 15 is 0 Å². The van der Waals surface area contributed by atoms with Crippen molar-refractivity contribution in [2.45, 2.75) is 53.4 Å². The van der Waals surface area contributed by atoms with Gasteiger partial charge in [0.25, 0.3) is 0 Å². The van der Waals surface area contributed by atoms with E-state index in [-0.39, 0.29) is 28.9 Å². The van der Waals surface area contributed by atoms with E-state index in [1.54, 1.807) is 0 Å². The average molecular weight is 286 g/mol. The molecule has 0 N–H and O–H groups in total. The summed E-state index contributed by atoms with van der Waals surface area (Å²) in [7, 11) is 0. The summed E-state index contributed by atoms with van der Waals surface area (Å²) in [6, 6.07) is 0. The van der Waals surface area contributed by atoms with Gasteiger partial charge < -0.3 is 19.8 Å². The zero-order valence-electron chi connectivity index (χ0n) is 11.0. The number of carbonyl (C=O) groups is 2. The number of carboxylic acids is 2. The summed E-state index contributed by atoms with van der Waals surface area (Å²) in [6.45, 7) is 7.40. The molecule has 0 aromatic rings. The zero-order chi connectivity index (χ0) is 13.1. The van der Waals surface area contributed by atoms with E-state index in [4.69, 9.17) is 0 Å². The minimum absolute atomic E-state index is 0. The minimum Gasteiger partial charge on any atom is -0.550 e. The molecule has 0 spiro atoms. The van der Waals surface area contributed by atoms with Gasteiger partial charge in [-0.25, -0.2) is 0 Å². The van der Waals surface area contributed by atoms with Crippen molar-refractivity contribution >= 4 is 11.9 Å². The van der Waals surface area contributed by atoms with Crippen molar-refractivity contribution in [3.05, 3.63) is 0 Å². The van der Waals surface area contributed by atoms with Gasteiger partial charge in [-0.05, 0) is 37.5 Å². The summed E-state index contributed by atoms with van der Waals surface area (Å²) in [4.78, 5) is 20.1. The minimum atomic E-state index is -0.921. The van der Waals surface area contributed by atoms with Crippen molar-refractivity contribution in [2.75, 3.05) is 0 Å². The summed E-state index contributed by atoms with van der Waals surface area (Å²) >= 11 is 0. The molecule has 0 heterocycles. The predicted octanol–water partition coefficient (Wildman–Crippen LogP) is 0.343. The summed E-state index contributed by atoms with van der Waals surface area (Å²) in [5.74, 6) is -2.32. The van der Waals surface area contributed by atoms with Crippen molar-refractivity contribution in [3.8, 4) is 0 Å². The van der Waals surface area contributed by atoms with Crippen LogP contribution in [0.4, 0.5) is 0 Å². The van der Waals surface area contributed by atoms with Crippen LogP contribution in [0.2, 0.25) is 0 Å². The van der Waals surface area contributed by atoms with Gasteiger partial charge in [0.2, 0.25) is 0 Å². The van der Waals surface area contributed by atoms with Crippen LogP contribution in [0.5, 0.6) is 0 Å². The second kappa shape index (κ2) is 13.5. The Bertz CT molecular complexity index is 177. The van der Waals surface area contributed by atoms with E-state index in [1.807, 2.05) is 27.7 Å². The van der Waals surface area contributed by atoms with Gasteiger partial charge in [-0.2, -0.15) is 0 Å². The molecule has 0 aliphatic rings. The number of rotatable bonds is 6. The fraction of sp³-hybridized carbons (Fsp3) is 0.833. The van der Waals surface area contributed by atoms with E-state index < -0.39 is 11.9 Å². The number of carbonyl (C=O) groups excluding carboxylic acids is 2. The summed E-state index contributed by atoms with van der Waals surface area (Å²) < 4.78 is 0.